The van der Waals surface area contributed by atoms with Crippen molar-refractivity contribution < 1.29 is 4.74 Å². The van der Waals surface area contributed by atoms with Crippen molar-refractivity contribution in [2.75, 3.05) is 13.7 Å². The molecule has 1 spiro atoms. The Bertz CT molecular complexity index is 494. The molecule has 1 N–H and O–H groups in total. The summed E-state index contributed by atoms with van der Waals surface area (Å²) in [5, 5.41) is 3.67. The maximum absolute atomic E-state index is 5.65. The molecule has 0 atom stereocenters. The lowest BCUT2D eigenvalue weighted by atomic mass is 9.56. The summed E-state index contributed by atoms with van der Waals surface area (Å²) in [7, 11) is 1.79. The van der Waals surface area contributed by atoms with Crippen molar-refractivity contribution in [3.63, 3.8) is 0 Å². The molecule has 1 aromatic carbocycles. The van der Waals surface area contributed by atoms with Gasteiger partial charge in [0.25, 0.3) is 0 Å². The van der Waals surface area contributed by atoms with Crippen LogP contribution in [0.5, 0.6) is 5.75 Å². The number of aryl methyl sites for hydroxylation is 1. The number of hydrogen-bond acceptors (Lipinski definition) is 2. The molecule has 2 fully saturated rings. The van der Waals surface area contributed by atoms with Gasteiger partial charge in [-0.2, -0.15) is 0 Å². The zero-order valence-corrected chi connectivity index (χ0v) is 13.3. The van der Waals surface area contributed by atoms with Gasteiger partial charge in [0.1, 0.15) is 5.75 Å². The van der Waals surface area contributed by atoms with Gasteiger partial charge in [-0.15, -0.1) is 0 Å². The quantitative estimate of drug-likeness (QED) is 0.880. The fraction of sp³-hybridized carbons (Fsp3) is 0.667. The van der Waals surface area contributed by atoms with Crippen LogP contribution in [-0.2, 0) is 5.41 Å². The van der Waals surface area contributed by atoms with Crippen LogP contribution < -0.4 is 10.1 Å². The van der Waals surface area contributed by atoms with E-state index in [9.17, 15) is 0 Å². The van der Waals surface area contributed by atoms with E-state index < -0.39 is 0 Å². The molecule has 0 aromatic heterocycles. The standard InChI is InChI=1S/C18H27NO/c1-13(2)19-12-18(10-17(11-18)7-8-17)15-9-14(3)5-6-16(15)20-4/h5-6,9,13,19H,7-8,10-12H2,1-4H3. The highest BCUT2D eigenvalue weighted by molar-refractivity contribution is 5.46. The molecule has 2 aliphatic carbocycles. The second-order valence-corrected chi connectivity index (χ2v) is 7.37. The van der Waals surface area contributed by atoms with Crippen LogP contribution in [-0.4, -0.2) is 19.7 Å². The predicted octanol–water partition coefficient (Wildman–Crippen LogP) is 3.81. The highest BCUT2D eigenvalue weighted by Gasteiger charge is 2.61. The summed E-state index contributed by atoms with van der Waals surface area (Å²) in [6.07, 6.45) is 5.54. The van der Waals surface area contributed by atoms with Crippen molar-refractivity contribution in [1.82, 2.24) is 5.32 Å². The van der Waals surface area contributed by atoms with E-state index in [4.69, 9.17) is 4.74 Å². The van der Waals surface area contributed by atoms with Gasteiger partial charge in [-0.05, 0) is 44.1 Å². The Hall–Kier alpha value is -1.02. The molecule has 0 bridgehead atoms. The number of nitrogens with one attached hydrogen (secondary N) is 1. The molecule has 2 heteroatoms. The van der Waals surface area contributed by atoms with Gasteiger partial charge >= 0.3 is 0 Å². The van der Waals surface area contributed by atoms with Crippen LogP contribution in [0.4, 0.5) is 0 Å². The fourth-order valence-corrected chi connectivity index (χ4v) is 3.96. The maximum Gasteiger partial charge on any atom is 0.122 e. The Morgan fingerprint density at radius 1 is 1.25 bits per heavy atom. The lowest BCUT2D eigenvalue weighted by Gasteiger charge is -2.50. The van der Waals surface area contributed by atoms with Crippen LogP contribution in [0, 0.1) is 12.3 Å². The van der Waals surface area contributed by atoms with Gasteiger partial charge in [-0.3, -0.25) is 0 Å². The first-order valence-corrected chi connectivity index (χ1v) is 7.87. The number of benzene rings is 1. The van der Waals surface area contributed by atoms with E-state index in [1.165, 1.54) is 36.8 Å². The zero-order chi connectivity index (χ0) is 14.4. The molecular formula is C18H27NO. The number of ether oxygens (including phenoxy) is 1. The van der Waals surface area contributed by atoms with E-state index in [1.54, 1.807) is 7.11 Å². The van der Waals surface area contributed by atoms with Crippen LogP contribution in [0.15, 0.2) is 18.2 Å². The van der Waals surface area contributed by atoms with Crippen LogP contribution in [0.1, 0.15) is 50.7 Å². The van der Waals surface area contributed by atoms with Gasteiger partial charge in [0.15, 0.2) is 0 Å². The summed E-state index contributed by atoms with van der Waals surface area (Å²) in [5.41, 5.74) is 3.73. The average molecular weight is 273 g/mol. The van der Waals surface area contributed by atoms with E-state index in [0.717, 1.165) is 12.3 Å². The third-order valence-electron chi connectivity index (χ3n) is 5.16. The van der Waals surface area contributed by atoms with Crippen molar-refractivity contribution in [1.29, 1.82) is 0 Å². The molecule has 0 aliphatic heterocycles. The van der Waals surface area contributed by atoms with Gasteiger partial charge in [0.05, 0.1) is 7.11 Å². The molecule has 0 radical (unpaired) electrons. The molecule has 2 saturated carbocycles. The Kier molecular flexibility index (Phi) is 3.32. The van der Waals surface area contributed by atoms with Gasteiger partial charge in [-0.1, -0.05) is 31.5 Å². The first kappa shape index (κ1) is 13.9. The van der Waals surface area contributed by atoms with Crippen molar-refractivity contribution in [3.8, 4) is 5.75 Å². The van der Waals surface area contributed by atoms with Crippen molar-refractivity contribution in [2.24, 2.45) is 5.41 Å². The highest BCUT2D eigenvalue weighted by atomic mass is 16.5. The summed E-state index contributed by atoms with van der Waals surface area (Å²) < 4.78 is 5.65. The molecular weight excluding hydrogens is 246 g/mol. The fourth-order valence-electron chi connectivity index (χ4n) is 3.96. The zero-order valence-electron chi connectivity index (χ0n) is 13.3. The summed E-state index contributed by atoms with van der Waals surface area (Å²) in [6.45, 7) is 7.71. The molecule has 2 nitrogen and oxygen atoms in total. The Morgan fingerprint density at radius 3 is 2.50 bits per heavy atom. The van der Waals surface area contributed by atoms with Crippen LogP contribution in [0.2, 0.25) is 0 Å². The first-order chi connectivity index (χ1) is 9.49. The lowest BCUT2D eigenvalue weighted by Crippen LogP contribution is -2.51. The minimum absolute atomic E-state index is 0.290. The van der Waals surface area contributed by atoms with Crippen LogP contribution in [0.25, 0.3) is 0 Å². The van der Waals surface area contributed by atoms with E-state index in [1.807, 2.05) is 0 Å². The third-order valence-corrected chi connectivity index (χ3v) is 5.16. The van der Waals surface area contributed by atoms with Crippen LogP contribution >= 0.6 is 0 Å². The monoisotopic (exact) mass is 273 g/mol. The Labute approximate surface area is 122 Å². The van der Waals surface area contributed by atoms with Crippen molar-refractivity contribution in [2.45, 2.75) is 57.9 Å². The third kappa shape index (κ3) is 2.35. The van der Waals surface area contributed by atoms with E-state index in [-0.39, 0.29) is 5.41 Å². The number of methoxy groups -OCH3 is 1. The molecule has 0 heterocycles. The SMILES string of the molecule is COc1ccc(C)cc1C1(CNC(C)C)CC2(CC2)C1. The molecule has 2 aliphatic rings. The normalized spacial score (nSPS) is 21.9. The largest absolute Gasteiger partial charge is 0.496 e. The topological polar surface area (TPSA) is 21.3 Å². The minimum atomic E-state index is 0.290. The maximum atomic E-state index is 5.65. The first-order valence-electron chi connectivity index (χ1n) is 7.87. The van der Waals surface area contributed by atoms with E-state index >= 15 is 0 Å². The molecule has 110 valence electrons. The molecule has 1 aromatic rings. The molecule has 3 rings (SSSR count). The summed E-state index contributed by atoms with van der Waals surface area (Å²) >= 11 is 0. The smallest absolute Gasteiger partial charge is 0.122 e. The summed E-state index contributed by atoms with van der Waals surface area (Å²) in [6, 6.07) is 7.17. The second-order valence-electron chi connectivity index (χ2n) is 7.37. The minimum Gasteiger partial charge on any atom is -0.496 e. The van der Waals surface area contributed by atoms with Crippen molar-refractivity contribution >= 4 is 0 Å². The molecule has 0 unspecified atom stereocenters. The molecule has 0 saturated heterocycles. The summed E-state index contributed by atoms with van der Waals surface area (Å²) in [4.78, 5) is 0. The van der Waals surface area contributed by atoms with Crippen molar-refractivity contribution in [3.05, 3.63) is 29.3 Å². The lowest BCUT2D eigenvalue weighted by molar-refractivity contribution is 0.111. The molecule has 20 heavy (non-hydrogen) atoms. The average Bonchev–Trinajstić information content (AvgIpc) is 3.15. The van der Waals surface area contributed by atoms with E-state index in [0.29, 0.717) is 11.5 Å². The van der Waals surface area contributed by atoms with Gasteiger partial charge in [0, 0.05) is 23.6 Å². The van der Waals surface area contributed by atoms with E-state index in [2.05, 4.69) is 44.3 Å². The van der Waals surface area contributed by atoms with Crippen LogP contribution in [0.3, 0.4) is 0 Å². The number of rotatable bonds is 5. The Balaban J connectivity index is 1.91. The predicted molar refractivity (Wildman–Crippen MR) is 83.4 cm³/mol. The second kappa shape index (κ2) is 4.77. The Morgan fingerprint density at radius 2 is 1.95 bits per heavy atom. The van der Waals surface area contributed by atoms with Gasteiger partial charge < -0.3 is 10.1 Å². The highest BCUT2D eigenvalue weighted by Crippen LogP contribution is 2.69. The van der Waals surface area contributed by atoms with Gasteiger partial charge in [-0.25, -0.2) is 0 Å². The summed E-state index contributed by atoms with van der Waals surface area (Å²) in [5.74, 6) is 1.07. The van der Waals surface area contributed by atoms with Gasteiger partial charge in [0.2, 0.25) is 0 Å². The number of hydrogen-bond donors (Lipinski definition) is 1. The molecule has 0 amide bonds.